The number of phenolic OH excluding ortho intramolecular Hbond substituents is 1. The van der Waals surface area contributed by atoms with E-state index in [0.717, 1.165) is 0 Å². The molecule has 20 heavy (non-hydrogen) atoms. The molecule has 0 aliphatic carbocycles. The fourth-order valence-corrected chi connectivity index (χ4v) is 1.91. The highest BCUT2D eigenvalue weighted by atomic mass is 16.3. The Balaban J connectivity index is 2.81. The van der Waals surface area contributed by atoms with Crippen molar-refractivity contribution in [3.05, 3.63) is 29.3 Å². The number of nitrogens with zero attached hydrogens (tertiary/aromatic N) is 1. The first kappa shape index (κ1) is 16.2. The predicted molar refractivity (Wildman–Crippen MR) is 77.7 cm³/mol. The number of amides is 1. The van der Waals surface area contributed by atoms with Crippen molar-refractivity contribution >= 4 is 11.7 Å². The molecule has 0 aliphatic heterocycles. The molecule has 1 amide bonds. The van der Waals surface area contributed by atoms with Gasteiger partial charge in [-0.1, -0.05) is 6.92 Å². The summed E-state index contributed by atoms with van der Waals surface area (Å²) in [5, 5.41) is 12.6. The van der Waals surface area contributed by atoms with Gasteiger partial charge in [-0.2, -0.15) is 0 Å². The maximum atomic E-state index is 11.6. The Kier molecular flexibility index (Phi) is 6.18. The Bertz CT molecular complexity index is 486. The van der Waals surface area contributed by atoms with Crippen LogP contribution in [0.1, 0.15) is 36.7 Å². The highest BCUT2D eigenvalue weighted by Gasteiger charge is 2.12. The summed E-state index contributed by atoms with van der Waals surface area (Å²) in [6.45, 7) is 7.29. The van der Waals surface area contributed by atoms with Crippen molar-refractivity contribution in [1.82, 2.24) is 10.2 Å². The highest BCUT2D eigenvalue weighted by molar-refractivity contribution is 5.94. The van der Waals surface area contributed by atoms with Gasteiger partial charge in [-0.3, -0.25) is 14.5 Å². The third kappa shape index (κ3) is 4.66. The molecule has 0 fully saturated rings. The summed E-state index contributed by atoms with van der Waals surface area (Å²) in [5.74, 6) is 0.0546. The lowest BCUT2D eigenvalue weighted by molar-refractivity contribution is -0.122. The molecule has 0 saturated carbocycles. The van der Waals surface area contributed by atoms with Crippen LogP contribution in [0.3, 0.4) is 0 Å². The van der Waals surface area contributed by atoms with Crippen LogP contribution in [0, 0.1) is 0 Å². The van der Waals surface area contributed by atoms with Gasteiger partial charge in [-0.25, -0.2) is 0 Å². The standard InChI is InChI=1S/C15H22N2O3/c1-4-16-15(20)10-17(5-2)9-13-8-12(11(3)18)6-7-14(13)19/h6-8,19H,4-5,9-10H2,1-3H3,(H,16,20). The summed E-state index contributed by atoms with van der Waals surface area (Å²) >= 11 is 0. The van der Waals surface area contributed by atoms with Gasteiger partial charge < -0.3 is 10.4 Å². The predicted octanol–water partition coefficient (Wildman–Crippen LogP) is 1.55. The molecule has 5 nitrogen and oxygen atoms in total. The van der Waals surface area contributed by atoms with Crippen LogP contribution in [0.15, 0.2) is 18.2 Å². The van der Waals surface area contributed by atoms with Crippen LogP contribution in [-0.4, -0.2) is 41.3 Å². The number of nitrogens with one attached hydrogen (secondary N) is 1. The first-order valence-corrected chi connectivity index (χ1v) is 6.79. The summed E-state index contributed by atoms with van der Waals surface area (Å²) in [5.41, 5.74) is 1.22. The van der Waals surface area contributed by atoms with Crippen LogP contribution in [0.4, 0.5) is 0 Å². The average Bonchev–Trinajstić information content (AvgIpc) is 2.40. The van der Waals surface area contributed by atoms with Crippen molar-refractivity contribution in [2.75, 3.05) is 19.6 Å². The van der Waals surface area contributed by atoms with E-state index in [0.29, 0.717) is 30.8 Å². The Morgan fingerprint density at radius 2 is 2.00 bits per heavy atom. The summed E-state index contributed by atoms with van der Waals surface area (Å²) in [6.07, 6.45) is 0. The van der Waals surface area contributed by atoms with E-state index < -0.39 is 0 Å². The first-order chi connectivity index (χ1) is 9.47. The van der Waals surface area contributed by atoms with Crippen molar-refractivity contribution in [2.45, 2.75) is 27.3 Å². The molecule has 0 aromatic heterocycles. The summed E-state index contributed by atoms with van der Waals surface area (Å²) in [4.78, 5) is 24.9. The zero-order valence-electron chi connectivity index (χ0n) is 12.3. The quantitative estimate of drug-likeness (QED) is 0.743. The van der Waals surface area contributed by atoms with E-state index in [1.54, 1.807) is 12.1 Å². The number of hydrogen-bond donors (Lipinski definition) is 2. The van der Waals surface area contributed by atoms with Crippen molar-refractivity contribution < 1.29 is 14.7 Å². The van der Waals surface area contributed by atoms with E-state index in [1.165, 1.54) is 13.0 Å². The molecule has 1 rings (SSSR count). The third-order valence-corrected chi connectivity index (χ3v) is 3.07. The molecular weight excluding hydrogens is 256 g/mol. The van der Waals surface area contributed by atoms with E-state index in [9.17, 15) is 14.7 Å². The lowest BCUT2D eigenvalue weighted by Crippen LogP contribution is -2.36. The van der Waals surface area contributed by atoms with Gasteiger partial charge in [0.2, 0.25) is 5.91 Å². The molecule has 0 bridgehead atoms. The normalized spacial score (nSPS) is 10.6. The number of carbonyl (C=O) groups is 2. The Hall–Kier alpha value is -1.88. The molecule has 1 aromatic rings. The molecule has 0 atom stereocenters. The Morgan fingerprint density at radius 3 is 2.55 bits per heavy atom. The number of carbonyl (C=O) groups excluding carboxylic acids is 2. The number of rotatable bonds is 7. The molecular formula is C15H22N2O3. The molecule has 0 heterocycles. The highest BCUT2D eigenvalue weighted by Crippen LogP contribution is 2.20. The van der Waals surface area contributed by atoms with Gasteiger partial charge >= 0.3 is 0 Å². The van der Waals surface area contributed by atoms with Crippen molar-refractivity contribution in [3.8, 4) is 5.75 Å². The van der Waals surface area contributed by atoms with E-state index >= 15 is 0 Å². The van der Waals surface area contributed by atoms with Gasteiger partial charge in [-0.05, 0) is 38.6 Å². The second-order valence-electron chi connectivity index (χ2n) is 4.66. The lowest BCUT2D eigenvalue weighted by Gasteiger charge is -2.20. The molecule has 0 aliphatic rings. The van der Waals surface area contributed by atoms with Crippen LogP contribution in [0.2, 0.25) is 0 Å². The van der Waals surface area contributed by atoms with Gasteiger partial charge in [0.25, 0.3) is 0 Å². The van der Waals surface area contributed by atoms with Gasteiger partial charge in [0, 0.05) is 24.2 Å². The van der Waals surface area contributed by atoms with Crippen LogP contribution in [0.5, 0.6) is 5.75 Å². The topological polar surface area (TPSA) is 69.6 Å². The second-order valence-corrected chi connectivity index (χ2v) is 4.66. The van der Waals surface area contributed by atoms with Gasteiger partial charge in [0.1, 0.15) is 5.75 Å². The zero-order chi connectivity index (χ0) is 15.1. The monoisotopic (exact) mass is 278 g/mol. The molecule has 1 aromatic carbocycles. The summed E-state index contributed by atoms with van der Waals surface area (Å²) < 4.78 is 0. The minimum atomic E-state index is -0.0448. The number of hydrogen-bond acceptors (Lipinski definition) is 4. The maximum absolute atomic E-state index is 11.6. The number of likely N-dealkylation sites (N-methyl/N-ethyl adjacent to an activating group) is 2. The first-order valence-electron chi connectivity index (χ1n) is 6.79. The number of ketones is 1. The maximum Gasteiger partial charge on any atom is 0.234 e. The Morgan fingerprint density at radius 1 is 1.30 bits per heavy atom. The van der Waals surface area contributed by atoms with Crippen LogP contribution < -0.4 is 5.32 Å². The van der Waals surface area contributed by atoms with Gasteiger partial charge in [0.15, 0.2) is 5.78 Å². The molecule has 2 N–H and O–H groups in total. The smallest absolute Gasteiger partial charge is 0.234 e. The number of phenols is 1. The molecule has 0 saturated heterocycles. The van der Waals surface area contributed by atoms with E-state index in [4.69, 9.17) is 0 Å². The molecule has 5 heteroatoms. The van der Waals surface area contributed by atoms with E-state index in [-0.39, 0.29) is 24.0 Å². The number of aromatic hydroxyl groups is 1. The fourth-order valence-electron chi connectivity index (χ4n) is 1.91. The van der Waals surface area contributed by atoms with Gasteiger partial charge in [-0.15, -0.1) is 0 Å². The molecule has 0 radical (unpaired) electrons. The second kappa shape index (κ2) is 7.65. The molecule has 110 valence electrons. The van der Waals surface area contributed by atoms with E-state index in [1.807, 2.05) is 18.7 Å². The lowest BCUT2D eigenvalue weighted by atomic mass is 10.1. The largest absolute Gasteiger partial charge is 0.508 e. The van der Waals surface area contributed by atoms with Crippen molar-refractivity contribution in [2.24, 2.45) is 0 Å². The minimum Gasteiger partial charge on any atom is -0.508 e. The SMILES string of the molecule is CCNC(=O)CN(CC)Cc1cc(C(C)=O)ccc1O. The van der Waals surface area contributed by atoms with Crippen LogP contribution in [0.25, 0.3) is 0 Å². The number of Topliss-reactive ketones (excluding diaryl/α,β-unsaturated/α-hetero) is 1. The summed E-state index contributed by atoms with van der Waals surface area (Å²) in [6, 6.07) is 4.80. The zero-order valence-corrected chi connectivity index (χ0v) is 12.3. The Labute approximate surface area is 119 Å². The average molecular weight is 278 g/mol. The minimum absolute atomic E-state index is 0.0435. The van der Waals surface area contributed by atoms with Crippen LogP contribution in [-0.2, 0) is 11.3 Å². The van der Waals surface area contributed by atoms with Crippen molar-refractivity contribution in [3.63, 3.8) is 0 Å². The van der Waals surface area contributed by atoms with Crippen molar-refractivity contribution in [1.29, 1.82) is 0 Å². The van der Waals surface area contributed by atoms with Crippen LogP contribution >= 0.6 is 0 Å². The van der Waals surface area contributed by atoms with Gasteiger partial charge in [0.05, 0.1) is 6.54 Å². The summed E-state index contributed by atoms with van der Waals surface area (Å²) in [7, 11) is 0. The fraction of sp³-hybridized carbons (Fsp3) is 0.467. The van der Waals surface area contributed by atoms with E-state index in [2.05, 4.69) is 5.32 Å². The molecule has 0 unspecified atom stereocenters. The molecule has 0 spiro atoms. The number of benzene rings is 1. The third-order valence-electron chi connectivity index (χ3n) is 3.07.